The zero-order valence-electron chi connectivity index (χ0n) is 25.4. The van der Waals surface area contributed by atoms with Gasteiger partial charge in [0, 0.05) is 37.9 Å². The number of nitrogens with zero attached hydrogens (tertiary/aromatic N) is 4. The van der Waals surface area contributed by atoms with Gasteiger partial charge in [0.05, 0.1) is 24.7 Å². The Bertz CT molecular complexity index is 1680. The van der Waals surface area contributed by atoms with Crippen molar-refractivity contribution >= 4 is 39.1 Å². The zero-order chi connectivity index (χ0) is 32.5. The number of hydrogen-bond acceptors (Lipinski definition) is 9. The van der Waals surface area contributed by atoms with Crippen molar-refractivity contribution in [3.8, 4) is 5.75 Å². The summed E-state index contributed by atoms with van der Waals surface area (Å²) >= 11 is 0. The topological polar surface area (TPSA) is 129 Å². The van der Waals surface area contributed by atoms with E-state index in [1.54, 1.807) is 43.3 Å². The minimum absolute atomic E-state index is 0.0815. The number of aryl methyl sites for hydroxylation is 1. The number of halogens is 3. The van der Waals surface area contributed by atoms with Gasteiger partial charge in [0.2, 0.25) is 16.0 Å². The van der Waals surface area contributed by atoms with Crippen LogP contribution in [0.4, 0.5) is 36.3 Å². The molecule has 4 heterocycles. The molecule has 2 bridgehead atoms. The van der Waals surface area contributed by atoms with Crippen LogP contribution in [0.15, 0.2) is 42.6 Å². The number of rotatable bonds is 10. The number of hydrogen-bond donors (Lipinski definition) is 3. The van der Waals surface area contributed by atoms with E-state index in [1.165, 1.54) is 14.2 Å². The molecule has 3 fully saturated rings. The quantitative estimate of drug-likeness (QED) is 0.294. The molecule has 15 heteroatoms. The van der Waals surface area contributed by atoms with Crippen LogP contribution in [0.1, 0.15) is 39.9 Å². The molecule has 0 saturated carbocycles. The van der Waals surface area contributed by atoms with Crippen LogP contribution in [0, 0.1) is 12.8 Å². The molecule has 3 aliphatic heterocycles. The smallest absolute Gasteiger partial charge is 0.421 e. The van der Waals surface area contributed by atoms with E-state index in [0.717, 1.165) is 48.6 Å². The molecule has 1 atom stereocenters. The Balaban J connectivity index is 1.36. The maximum Gasteiger partial charge on any atom is 0.421 e. The molecule has 3 aromatic rings. The second kappa shape index (κ2) is 12.7. The summed E-state index contributed by atoms with van der Waals surface area (Å²) in [6, 6.07) is 9.84. The average molecular weight is 648 g/mol. The monoisotopic (exact) mass is 647 g/mol. The van der Waals surface area contributed by atoms with Gasteiger partial charge in [-0.1, -0.05) is 12.1 Å². The number of amides is 1. The molecule has 242 valence electrons. The number of piperidine rings is 3. The maximum absolute atomic E-state index is 13.9. The van der Waals surface area contributed by atoms with E-state index in [0.29, 0.717) is 34.6 Å². The molecule has 2 aromatic carbocycles. The molecule has 1 amide bonds. The standard InChI is InChI=1S/C30H36F3N7O4S/c1-18-5-6-21(25(13-18)39(2)45(4,42)43)15-34-27-22(30(31,32)33)16-35-29(38-27)37-23-8-7-20(14-26(23)44-3)28(41)36-24-17-40-11-9-19(24)10-12-40/h5-8,13-14,16,19,24H,9-12,15,17H2,1-4H3,(H,36,41)(H2,34,35,37,38)/t24-/m0/s1. The van der Waals surface area contributed by atoms with Crippen LogP contribution in [-0.2, 0) is 22.7 Å². The highest BCUT2D eigenvalue weighted by Gasteiger charge is 2.36. The van der Waals surface area contributed by atoms with E-state index >= 15 is 0 Å². The molecule has 45 heavy (non-hydrogen) atoms. The summed E-state index contributed by atoms with van der Waals surface area (Å²) < 4.78 is 72.7. The van der Waals surface area contributed by atoms with Crippen LogP contribution in [0.25, 0.3) is 0 Å². The lowest BCUT2D eigenvalue weighted by molar-refractivity contribution is -0.137. The summed E-state index contributed by atoms with van der Waals surface area (Å²) in [5.74, 6) is -0.137. The van der Waals surface area contributed by atoms with Gasteiger partial charge in [0.1, 0.15) is 17.1 Å². The summed E-state index contributed by atoms with van der Waals surface area (Å²) in [5, 5.41) is 8.73. The minimum atomic E-state index is -4.76. The Kier molecular flexibility index (Phi) is 9.12. The summed E-state index contributed by atoms with van der Waals surface area (Å²) in [6.45, 7) is 4.58. The molecule has 1 aromatic heterocycles. The van der Waals surface area contributed by atoms with Crippen LogP contribution < -0.4 is 25.0 Å². The Morgan fingerprint density at radius 1 is 1.16 bits per heavy atom. The highest BCUT2D eigenvalue weighted by Crippen LogP contribution is 2.36. The number of methoxy groups -OCH3 is 1. The van der Waals surface area contributed by atoms with Crippen LogP contribution in [0.2, 0.25) is 0 Å². The van der Waals surface area contributed by atoms with Gasteiger partial charge in [0.15, 0.2) is 0 Å². The van der Waals surface area contributed by atoms with Gasteiger partial charge in [-0.2, -0.15) is 18.2 Å². The Morgan fingerprint density at radius 3 is 2.51 bits per heavy atom. The number of fused-ring (bicyclic) bond motifs is 3. The third-order valence-electron chi connectivity index (χ3n) is 8.30. The lowest BCUT2D eigenvalue weighted by atomic mass is 9.84. The number of sulfonamides is 1. The molecule has 11 nitrogen and oxygen atoms in total. The first kappa shape index (κ1) is 32.3. The number of alkyl halides is 3. The van der Waals surface area contributed by atoms with Crippen molar-refractivity contribution in [3.05, 3.63) is 64.8 Å². The molecule has 6 rings (SSSR count). The molecule has 3 N–H and O–H groups in total. The van der Waals surface area contributed by atoms with Gasteiger partial charge in [0.25, 0.3) is 5.91 Å². The van der Waals surface area contributed by atoms with Gasteiger partial charge in [-0.3, -0.25) is 9.10 Å². The van der Waals surface area contributed by atoms with Crippen LogP contribution in [-0.4, -0.2) is 75.3 Å². The minimum Gasteiger partial charge on any atom is -0.495 e. The Hall–Kier alpha value is -4.11. The van der Waals surface area contributed by atoms with Crippen molar-refractivity contribution in [1.82, 2.24) is 20.2 Å². The average Bonchev–Trinajstić information content (AvgIpc) is 2.99. The fourth-order valence-corrected chi connectivity index (χ4v) is 6.22. The Morgan fingerprint density at radius 2 is 1.89 bits per heavy atom. The van der Waals surface area contributed by atoms with Crippen molar-refractivity contribution < 1.29 is 31.1 Å². The molecule has 0 unspecified atom stereocenters. The first-order valence-electron chi connectivity index (χ1n) is 14.4. The van der Waals surface area contributed by atoms with Gasteiger partial charge in [-0.15, -0.1) is 0 Å². The number of carbonyl (C=O) groups excluding carboxylic acids is 1. The number of benzene rings is 2. The SMILES string of the molecule is COc1cc(C(=O)N[C@H]2CN3CCC2CC3)ccc1Nc1ncc(C(F)(F)F)c(NCc2ccc(C)cc2N(C)S(C)(=O)=O)n1. The molecule has 0 aliphatic carbocycles. The summed E-state index contributed by atoms with van der Waals surface area (Å²) in [6.07, 6.45) is -0.932. The number of aromatic nitrogens is 2. The van der Waals surface area contributed by atoms with E-state index in [2.05, 4.69) is 30.8 Å². The van der Waals surface area contributed by atoms with E-state index in [1.807, 2.05) is 0 Å². The fourth-order valence-electron chi connectivity index (χ4n) is 5.69. The van der Waals surface area contributed by atoms with E-state index in [9.17, 15) is 26.4 Å². The van der Waals surface area contributed by atoms with Crippen molar-refractivity contribution in [1.29, 1.82) is 0 Å². The Labute approximate surface area is 260 Å². The summed E-state index contributed by atoms with van der Waals surface area (Å²) in [4.78, 5) is 23.4. The summed E-state index contributed by atoms with van der Waals surface area (Å²) in [5.41, 5.74) is 1.20. The van der Waals surface area contributed by atoms with Crippen molar-refractivity contribution in [2.24, 2.45) is 5.92 Å². The van der Waals surface area contributed by atoms with E-state index < -0.39 is 27.6 Å². The first-order chi connectivity index (χ1) is 21.2. The predicted octanol–water partition coefficient (Wildman–Crippen LogP) is 4.39. The van der Waals surface area contributed by atoms with Crippen molar-refractivity contribution in [3.63, 3.8) is 0 Å². The van der Waals surface area contributed by atoms with Crippen molar-refractivity contribution in [2.45, 2.75) is 38.5 Å². The number of ether oxygens (including phenoxy) is 1. The van der Waals surface area contributed by atoms with Crippen LogP contribution >= 0.6 is 0 Å². The largest absolute Gasteiger partial charge is 0.495 e. The lowest BCUT2D eigenvalue weighted by Crippen LogP contribution is -2.57. The van der Waals surface area contributed by atoms with Gasteiger partial charge in [-0.25, -0.2) is 13.4 Å². The van der Waals surface area contributed by atoms with Gasteiger partial charge in [-0.05, 0) is 74.2 Å². The highest BCUT2D eigenvalue weighted by atomic mass is 32.2. The molecule has 0 spiro atoms. The molecular formula is C30H36F3N7O4S. The molecule has 3 aliphatic rings. The number of nitrogens with one attached hydrogen (secondary N) is 3. The maximum atomic E-state index is 13.9. The second-order valence-electron chi connectivity index (χ2n) is 11.4. The number of carbonyl (C=O) groups is 1. The highest BCUT2D eigenvalue weighted by molar-refractivity contribution is 7.92. The normalized spacial score (nSPS) is 19.6. The van der Waals surface area contributed by atoms with E-state index in [4.69, 9.17) is 4.74 Å². The van der Waals surface area contributed by atoms with Gasteiger partial charge >= 0.3 is 6.18 Å². The molecule has 3 saturated heterocycles. The lowest BCUT2D eigenvalue weighted by Gasteiger charge is -2.44. The number of anilines is 4. The van der Waals surface area contributed by atoms with Crippen LogP contribution in [0.5, 0.6) is 5.75 Å². The third kappa shape index (κ3) is 7.41. The van der Waals surface area contributed by atoms with E-state index in [-0.39, 0.29) is 30.2 Å². The fraction of sp³-hybridized carbons (Fsp3) is 0.433. The van der Waals surface area contributed by atoms with Crippen LogP contribution in [0.3, 0.4) is 0 Å². The predicted molar refractivity (Wildman–Crippen MR) is 165 cm³/mol. The first-order valence-corrected chi connectivity index (χ1v) is 16.3. The molecular weight excluding hydrogens is 611 g/mol. The second-order valence-corrected chi connectivity index (χ2v) is 13.4. The van der Waals surface area contributed by atoms with Crippen molar-refractivity contribution in [2.75, 3.05) is 55.0 Å². The summed E-state index contributed by atoms with van der Waals surface area (Å²) in [7, 11) is -0.829. The van der Waals surface area contributed by atoms with Gasteiger partial charge < -0.3 is 25.6 Å². The zero-order valence-corrected chi connectivity index (χ0v) is 26.2. The third-order valence-corrected chi connectivity index (χ3v) is 9.49. The molecule has 0 radical (unpaired) electrons.